The quantitative estimate of drug-likeness (QED) is 0.180. The summed E-state index contributed by atoms with van der Waals surface area (Å²) in [6.45, 7) is 0.199. The predicted molar refractivity (Wildman–Crippen MR) is 193 cm³/mol. The van der Waals surface area contributed by atoms with Crippen molar-refractivity contribution in [2.45, 2.75) is 47.3 Å². The average Bonchev–Trinajstić information content (AvgIpc) is 3.13. The van der Waals surface area contributed by atoms with Crippen molar-refractivity contribution in [1.82, 2.24) is 0 Å². The van der Waals surface area contributed by atoms with Crippen molar-refractivity contribution >= 4 is 51.9 Å². The molecule has 6 aromatic rings. The summed E-state index contributed by atoms with van der Waals surface area (Å²) in [4.78, 5) is 5.04. The van der Waals surface area contributed by atoms with E-state index in [1.165, 1.54) is 62.3 Å². The van der Waals surface area contributed by atoms with Gasteiger partial charge in [-0.25, -0.2) is 0 Å². The van der Waals surface area contributed by atoms with Gasteiger partial charge in [0, 0.05) is 32.3 Å². The third-order valence-corrected chi connectivity index (χ3v) is 11.4. The van der Waals surface area contributed by atoms with Crippen LogP contribution >= 0.6 is 11.8 Å². The Bertz CT molecular complexity index is 1930. The van der Waals surface area contributed by atoms with Crippen LogP contribution in [0, 0.1) is 0 Å². The van der Waals surface area contributed by atoms with E-state index in [9.17, 15) is 0 Å². The molecule has 0 unspecified atom stereocenters. The number of rotatable bonds is 5. The minimum Gasteiger partial charge on any atom is -0.458 e. The van der Waals surface area contributed by atoms with Crippen molar-refractivity contribution in [3.8, 4) is 11.5 Å². The fourth-order valence-corrected chi connectivity index (χ4v) is 9.30. The molecule has 0 saturated heterocycles. The molecule has 0 atom stereocenters. The fraction of sp³-hybridized carbons (Fsp3) is 0.143. The molecule has 1 fully saturated rings. The Morgan fingerprint density at radius 3 is 1.85 bits per heavy atom. The van der Waals surface area contributed by atoms with E-state index < -0.39 is 0 Å². The van der Waals surface area contributed by atoms with Gasteiger partial charge < -0.3 is 9.64 Å². The molecule has 6 aromatic carbocycles. The summed E-state index contributed by atoms with van der Waals surface area (Å²) >= 11 is 1.91. The number of fused-ring (bicyclic) bond motifs is 4. The Hall–Kier alpha value is -4.67. The van der Waals surface area contributed by atoms with Gasteiger partial charge in [-0.15, -0.1) is 0 Å². The van der Waals surface area contributed by atoms with Crippen LogP contribution in [0.1, 0.15) is 43.2 Å². The molecule has 2 nitrogen and oxygen atoms in total. The van der Waals surface area contributed by atoms with Crippen molar-refractivity contribution in [3.05, 3.63) is 157 Å². The van der Waals surface area contributed by atoms with Crippen LogP contribution in [0.2, 0.25) is 0 Å². The van der Waals surface area contributed by atoms with Gasteiger partial charge in [0.05, 0.1) is 0 Å². The molecule has 0 spiro atoms. The summed E-state index contributed by atoms with van der Waals surface area (Å²) in [5.74, 6) is 2.01. The second-order valence-electron chi connectivity index (χ2n) is 12.8. The molecule has 46 heavy (non-hydrogen) atoms. The SMILES string of the molecule is c1ccc(N(c2ccccc2)c2ccc(C3(c4cc5c6c(c4)Sc4ccccc4B6c4ccccc4O5)CCCCC3)cc2)cc1. The van der Waals surface area contributed by atoms with Crippen molar-refractivity contribution in [2.24, 2.45) is 0 Å². The summed E-state index contributed by atoms with van der Waals surface area (Å²) in [5, 5.41) is 0. The number of ether oxygens (including phenoxy) is 1. The third kappa shape index (κ3) is 4.50. The largest absolute Gasteiger partial charge is 0.458 e. The summed E-state index contributed by atoms with van der Waals surface area (Å²) in [5.41, 5.74) is 10.2. The number of benzene rings is 6. The summed E-state index contributed by atoms with van der Waals surface area (Å²) in [6, 6.07) is 53.2. The Kier molecular flexibility index (Phi) is 6.78. The number of hydrogen-bond donors (Lipinski definition) is 0. The van der Waals surface area contributed by atoms with E-state index in [2.05, 4.69) is 150 Å². The standard InChI is InChI=1S/C42H34BNOS/c1-4-14-32(15-5-1)44(33-16-6-2-7-17-33)34-24-22-30(23-25-34)42(26-12-3-13-27-42)31-28-38-41-40(29-31)46-39-21-11-9-19-36(39)43(41)35-18-8-10-20-37(35)45-38/h1-2,4-11,14-25,28-29H,3,12-13,26-27H2. The maximum atomic E-state index is 6.78. The van der Waals surface area contributed by atoms with Gasteiger partial charge in [-0.1, -0.05) is 121 Å². The van der Waals surface area contributed by atoms with Crippen LogP contribution in [-0.2, 0) is 5.41 Å². The van der Waals surface area contributed by atoms with Gasteiger partial charge in [0.15, 0.2) is 0 Å². The van der Waals surface area contributed by atoms with Crippen LogP contribution in [-0.4, -0.2) is 6.71 Å². The lowest BCUT2D eigenvalue weighted by molar-refractivity contribution is 0.344. The van der Waals surface area contributed by atoms with Crippen LogP contribution < -0.4 is 26.0 Å². The highest BCUT2D eigenvalue weighted by Gasteiger charge is 2.42. The summed E-state index contributed by atoms with van der Waals surface area (Å²) < 4.78 is 6.78. The van der Waals surface area contributed by atoms with Crippen LogP contribution in [0.5, 0.6) is 11.5 Å². The smallest absolute Gasteiger partial charge is 0.253 e. The van der Waals surface area contributed by atoms with Crippen molar-refractivity contribution in [1.29, 1.82) is 0 Å². The normalized spacial score (nSPS) is 15.6. The Balaban J connectivity index is 1.17. The van der Waals surface area contributed by atoms with Gasteiger partial charge in [-0.2, -0.15) is 0 Å². The maximum absolute atomic E-state index is 6.78. The minimum absolute atomic E-state index is 0.0556. The zero-order valence-corrected chi connectivity index (χ0v) is 26.5. The van der Waals surface area contributed by atoms with Crippen molar-refractivity contribution in [2.75, 3.05) is 4.90 Å². The zero-order valence-electron chi connectivity index (χ0n) is 25.7. The van der Waals surface area contributed by atoms with Gasteiger partial charge >= 0.3 is 0 Å². The van der Waals surface area contributed by atoms with E-state index in [1.54, 1.807) is 0 Å². The molecule has 0 radical (unpaired) electrons. The van der Waals surface area contributed by atoms with E-state index in [0.29, 0.717) is 0 Å². The first-order chi connectivity index (χ1) is 22.8. The highest BCUT2D eigenvalue weighted by molar-refractivity contribution is 8.00. The number of nitrogens with zero attached hydrogens (tertiary/aromatic N) is 1. The monoisotopic (exact) mass is 611 g/mol. The lowest BCUT2D eigenvalue weighted by Gasteiger charge is -2.41. The Labute approximate surface area is 276 Å². The van der Waals surface area contributed by atoms with Gasteiger partial charge in [-0.3, -0.25) is 0 Å². The third-order valence-electron chi connectivity index (χ3n) is 10.3. The van der Waals surface area contributed by atoms with Crippen molar-refractivity contribution in [3.63, 3.8) is 0 Å². The Morgan fingerprint density at radius 2 is 1.13 bits per heavy atom. The first-order valence-corrected chi connectivity index (χ1v) is 17.3. The van der Waals surface area contributed by atoms with Crippen LogP contribution in [0.4, 0.5) is 17.1 Å². The molecule has 1 aliphatic carbocycles. The molecule has 3 aliphatic rings. The fourth-order valence-electron chi connectivity index (χ4n) is 8.10. The van der Waals surface area contributed by atoms with E-state index in [-0.39, 0.29) is 12.1 Å². The molecular weight excluding hydrogens is 577 g/mol. The molecule has 2 heterocycles. The lowest BCUT2D eigenvalue weighted by Crippen LogP contribution is -2.57. The van der Waals surface area contributed by atoms with E-state index >= 15 is 0 Å². The molecule has 0 aromatic heterocycles. The van der Waals surface area contributed by atoms with Gasteiger partial charge in [0.1, 0.15) is 11.5 Å². The molecule has 4 heteroatoms. The van der Waals surface area contributed by atoms with Crippen LogP contribution in [0.25, 0.3) is 0 Å². The molecule has 2 aliphatic heterocycles. The van der Waals surface area contributed by atoms with Gasteiger partial charge in [-0.05, 0) is 95.6 Å². The van der Waals surface area contributed by atoms with E-state index in [4.69, 9.17) is 4.74 Å². The number of hydrogen-bond acceptors (Lipinski definition) is 3. The van der Waals surface area contributed by atoms with Gasteiger partial charge in [0.25, 0.3) is 6.71 Å². The molecule has 0 amide bonds. The highest BCUT2D eigenvalue weighted by atomic mass is 32.2. The zero-order chi connectivity index (χ0) is 30.5. The lowest BCUT2D eigenvalue weighted by atomic mass is 9.35. The van der Waals surface area contributed by atoms with E-state index in [0.717, 1.165) is 35.7 Å². The predicted octanol–water partition coefficient (Wildman–Crippen LogP) is 9.49. The first kappa shape index (κ1) is 27.6. The number of para-hydroxylation sites is 3. The molecule has 222 valence electrons. The van der Waals surface area contributed by atoms with Crippen LogP contribution in [0.3, 0.4) is 0 Å². The molecule has 0 bridgehead atoms. The van der Waals surface area contributed by atoms with Crippen molar-refractivity contribution < 1.29 is 4.74 Å². The topological polar surface area (TPSA) is 12.5 Å². The second-order valence-corrected chi connectivity index (χ2v) is 13.9. The summed E-state index contributed by atoms with van der Waals surface area (Å²) in [6.07, 6.45) is 6.05. The second kappa shape index (κ2) is 11.3. The molecule has 1 saturated carbocycles. The summed E-state index contributed by atoms with van der Waals surface area (Å²) in [7, 11) is 0. The average molecular weight is 612 g/mol. The Morgan fingerprint density at radius 1 is 0.522 bits per heavy atom. The number of anilines is 3. The molecular formula is C42H34BNOS. The van der Waals surface area contributed by atoms with E-state index in [1.807, 2.05) is 11.8 Å². The highest BCUT2D eigenvalue weighted by Crippen LogP contribution is 2.49. The van der Waals surface area contributed by atoms with Crippen LogP contribution in [0.15, 0.2) is 155 Å². The molecule has 9 rings (SSSR count). The maximum Gasteiger partial charge on any atom is 0.253 e. The molecule has 0 N–H and O–H groups in total. The minimum atomic E-state index is -0.0556. The van der Waals surface area contributed by atoms with Gasteiger partial charge in [0.2, 0.25) is 0 Å². The first-order valence-electron chi connectivity index (χ1n) is 16.5.